The number of phosphoric ester groups is 1. The lowest BCUT2D eigenvalue weighted by Crippen LogP contribution is -2.31. The van der Waals surface area contributed by atoms with Gasteiger partial charge >= 0.3 is 7.82 Å². The van der Waals surface area contributed by atoms with Crippen LogP contribution in [0.3, 0.4) is 0 Å². The third-order valence-electron chi connectivity index (χ3n) is 2.99. The van der Waals surface area contributed by atoms with E-state index in [1.54, 1.807) is 24.3 Å². The molecule has 7 nitrogen and oxygen atoms in total. The lowest BCUT2D eigenvalue weighted by molar-refractivity contribution is -0.122. The third-order valence-corrected chi connectivity index (χ3v) is 3.47. The smallest absolute Gasteiger partial charge is 0.381 e. The molecule has 1 atom stereocenters. The Morgan fingerprint density at radius 3 is 2.57 bits per heavy atom. The number of carbonyl (C=O) groups excluding carboxylic acids is 1. The average molecular weight is 345 g/mol. The molecule has 0 heterocycles. The number of ether oxygens (including phenoxy) is 1. The summed E-state index contributed by atoms with van der Waals surface area (Å²) in [5.41, 5.74) is 0.719. The van der Waals surface area contributed by atoms with Crippen molar-refractivity contribution in [3.63, 3.8) is 0 Å². The number of carbonyl (C=O) groups is 1. The molecule has 1 rings (SSSR count). The second-order valence-electron chi connectivity index (χ2n) is 5.03. The van der Waals surface area contributed by atoms with E-state index in [0.29, 0.717) is 19.6 Å². The molecule has 3 N–H and O–H groups in total. The Kier molecular flexibility index (Phi) is 9.06. The van der Waals surface area contributed by atoms with E-state index in [-0.39, 0.29) is 18.9 Å². The number of hydrogen-bond acceptors (Lipinski definition) is 4. The molecule has 1 aromatic rings. The summed E-state index contributed by atoms with van der Waals surface area (Å²) >= 11 is 0. The van der Waals surface area contributed by atoms with Crippen LogP contribution in [-0.2, 0) is 18.6 Å². The second kappa shape index (κ2) is 10.5. The Labute approximate surface area is 136 Å². The van der Waals surface area contributed by atoms with Gasteiger partial charge in [-0.15, -0.1) is 0 Å². The molecule has 1 amide bonds. The molecule has 0 aromatic heterocycles. The van der Waals surface area contributed by atoms with Gasteiger partial charge in [-0.3, -0.25) is 9.32 Å². The molecule has 0 unspecified atom stereocenters. The first-order valence-corrected chi connectivity index (χ1v) is 9.07. The van der Waals surface area contributed by atoms with E-state index in [0.717, 1.165) is 12.0 Å². The standard InChI is InChI=1S/C15H24NO6P/c1-2-10-21-11-6-9-15(17)16-14(12-22-23(18,19)20)13-7-4-3-5-8-13/h3-5,7-8,14H,2,6,9-12H2,1H3,(H,16,17)(H2,18,19,20)/t14-/m0/s1. The molecule has 0 saturated heterocycles. The van der Waals surface area contributed by atoms with E-state index < -0.39 is 13.9 Å². The van der Waals surface area contributed by atoms with Crippen LogP contribution in [0.15, 0.2) is 30.3 Å². The van der Waals surface area contributed by atoms with Gasteiger partial charge in [0.2, 0.25) is 5.91 Å². The Morgan fingerprint density at radius 1 is 1.26 bits per heavy atom. The predicted octanol–water partition coefficient (Wildman–Crippen LogP) is 2.16. The summed E-state index contributed by atoms with van der Waals surface area (Å²) in [7, 11) is -4.59. The Hall–Kier alpha value is -1.24. The summed E-state index contributed by atoms with van der Waals surface area (Å²) in [5, 5.41) is 2.73. The maximum atomic E-state index is 12.0. The quantitative estimate of drug-likeness (QED) is 0.419. The zero-order chi connectivity index (χ0) is 17.1. The monoisotopic (exact) mass is 345 g/mol. The largest absolute Gasteiger partial charge is 0.469 e. The summed E-state index contributed by atoms with van der Waals surface area (Å²) in [4.78, 5) is 29.6. The fourth-order valence-corrected chi connectivity index (χ4v) is 2.27. The van der Waals surface area contributed by atoms with Crippen molar-refractivity contribution in [2.24, 2.45) is 0 Å². The third kappa shape index (κ3) is 9.48. The molecule has 0 bridgehead atoms. The molecule has 8 heteroatoms. The van der Waals surface area contributed by atoms with Crippen molar-refractivity contribution in [2.45, 2.75) is 32.2 Å². The van der Waals surface area contributed by atoms with Crippen molar-refractivity contribution >= 4 is 13.7 Å². The minimum Gasteiger partial charge on any atom is -0.381 e. The SMILES string of the molecule is CCCOCCCC(=O)N[C@@H](COP(=O)(O)O)c1ccccc1. The fourth-order valence-electron chi connectivity index (χ4n) is 1.93. The molecule has 0 saturated carbocycles. The van der Waals surface area contributed by atoms with Gasteiger partial charge in [-0.05, 0) is 18.4 Å². The summed E-state index contributed by atoms with van der Waals surface area (Å²) in [6.45, 7) is 2.89. The lowest BCUT2D eigenvalue weighted by Gasteiger charge is -2.19. The fraction of sp³-hybridized carbons (Fsp3) is 0.533. The van der Waals surface area contributed by atoms with E-state index in [9.17, 15) is 9.36 Å². The molecule has 1 aromatic carbocycles. The predicted molar refractivity (Wildman–Crippen MR) is 85.7 cm³/mol. The summed E-state index contributed by atoms with van der Waals surface area (Å²) in [6, 6.07) is 8.29. The first-order valence-electron chi connectivity index (χ1n) is 7.54. The number of amides is 1. The van der Waals surface area contributed by atoms with Crippen molar-refractivity contribution in [3.05, 3.63) is 35.9 Å². The van der Waals surface area contributed by atoms with E-state index in [4.69, 9.17) is 14.5 Å². The van der Waals surface area contributed by atoms with Gasteiger partial charge in [0, 0.05) is 19.6 Å². The molecule has 0 aliphatic rings. The molecule has 0 spiro atoms. The Balaban J connectivity index is 2.52. The molecule has 0 aliphatic heterocycles. The van der Waals surface area contributed by atoms with Gasteiger partial charge < -0.3 is 19.8 Å². The van der Waals surface area contributed by atoms with Gasteiger partial charge in [0.1, 0.15) is 0 Å². The average Bonchev–Trinajstić information content (AvgIpc) is 2.51. The minimum atomic E-state index is -4.59. The van der Waals surface area contributed by atoms with Gasteiger partial charge in [-0.1, -0.05) is 37.3 Å². The van der Waals surface area contributed by atoms with Gasteiger partial charge in [0.15, 0.2) is 0 Å². The van der Waals surface area contributed by atoms with E-state index in [1.165, 1.54) is 0 Å². The Morgan fingerprint density at radius 2 is 1.96 bits per heavy atom. The van der Waals surface area contributed by atoms with Crippen molar-refractivity contribution < 1.29 is 28.4 Å². The maximum absolute atomic E-state index is 12.0. The summed E-state index contributed by atoms with van der Waals surface area (Å²) in [5.74, 6) is -0.215. The van der Waals surface area contributed by atoms with Crippen LogP contribution in [0.25, 0.3) is 0 Å². The number of nitrogens with one attached hydrogen (secondary N) is 1. The molecule has 23 heavy (non-hydrogen) atoms. The van der Waals surface area contributed by atoms with Crippen LogP contribution >= 0.6 is 7.82 Å². The molecule has 130 valence electrons. The van der Waals surface area contributed by atoms with E-state index in [1.807, 2.05) is 13.0 Å². The van der Waals surface area contributed by atoms with Crippen molar-refractivity contribution in [1.29, 1.82) is 0 Å². The van der Waals surface area contributed by atoms with Crippen LogP contribution < -0.4 is 5.32 Å². The number of hydrogen-bond donors (Lipinski definition) is 3. The van der Waals surface area contributed by atoms with Crippen LogP contribution in [0.4, 0.5) is 0 Å². The first kappa shape index (κ1) is 19.8. The molecular formula is C15H24NO6P. The zero-order valence-electron chi connectivity index (χ0n) is 13.2. The highest BCUT2D eigenvalue weighted by atomic mass is 31.2. The van der Waals surface area contributed by atoms with Crippen LogP contribution in [0.2, 0.25) is 0 Å². The molecule has 0 radical (unpaired) electrons. The van der Waals surface area contributed by atoms with Crippen LogP contribution in [0.1, 0.15) is 37.8 Å². The van der Waals surface area contributed by atoms with Gasteiger partial charge in [0.05, 0.1) is 12.6 Å². The second-order valence-corrected chi connectivity index (χ2v) is 6.27. The van der Waals surface area contributed by atoms with Gasteiger partial charge in [-0.25, -0.2) is 4.57 Å². The highest BCUT2D eigenvalue weighted by Crippen LogP contribution is 2.37. The highest BCUT2D eigenvalue weighted by molar-refractivity contribution is 7.46. The van der Waals surface area contributed by atoms with Crippen LogP contribution in [0.5, 0.6) is 0 Å². The van der Waals surface area contributed by atoms with Crippen LogP contribution in [-0.4, -0.2) is 35.5 Å². The van der Waals surface area contributed by atoms with Crippen molar-refractivity contribution in [3.8, 4) is 0 Å². The summed E-state index contributed by atoms with van der Waals surface area (Å²) < 4.78 is 20.7. The maximum Gasteiger partial charge on any atom is 0.469 e. The van der Waals surface area contributed by atoms with E-state index >= 15 is 0 Å². The van der Waals surface area contributed by atoms with Crippen molar-refractivity contribution in [2.75, 3.05) is 19.8 Å². The number of phosphoric acid groups is 1. The van der Waals surface area contributed by atoms with Crippen molar-refractivity contribution in [1.82, 2.24) is 5.32 Å². The molecular weight excluding hydrogens is 321 g/mol. The minimum absolute atomic E-state index is 0.215. The highest BCUT2D eigenvalue weighted by Gasteiger charge is 2.20. The topological polar surface area (TPSA) is 105 Å². The molecule has 0 aliphatic carbocycles. The lowest BCUT2D eigenvalue weighted by atomic mass is 10.1. The van der Waals surface area contributed by atoms with E-state index in [2.05, 4.69) is 9.84 Å². The zero-order valence-corrected chi connectivity index (χ0v) is 14.1. The number of benzene rings is 1. The van der Waals surface area contributed by atoms with Crippen LogP contribution in [0, 0.1) is 0 Å². The Bertz CT molecular complexity index is 504. The number of rotatable bonds is 11. The summed E-state index contributed by atoms with van der Waals surface area (Å²) in [6.07, 6.45) is 1.80. The normalized spacial score (nSPS) is 12.8. The van der Waals surface area contributed by atoms with Gasteiger partial charge in [0.25, 0.3) is 0 Å². The first-order chi connectivity index (χ1) is 10.9. The van der Waals surface area contributed by atoms with Gasteiger partial charge in [-0.2, -0.15) is 0 Å². The molecule has 0 fully saturated rings.